The van der Waals surface area contributed by atoms with Crippen LogP contribution in [-0.2, 0) is 0 Å². The number of aromatic nitrogens is 4. The second kappa shape index (κ2) is 13.0. The lowest BCUT2D eigenvalue weighted by Gasteiger charge is -2.10. The zero-order valence-electron chi connectivity index (χ0n) is 30.2. The number of fused-ring (bicyclic) bond motifs is 6. The molecule has 0 spiro atoms. The fourth-order valence-electron chi connectivity index (χ4n) is 7.95. The molecule has 3 aromatic heterocycles. The maximum atomic E-state index is 6.63. The molecule has 0 amide bonds. The van der Waals surface area contributed by atoms with Crippen molar-refractivity contribution in [1.29, 1.82) is 0 Å². The van der Waals surface area contributed by atoms with Crippen molar-refractivity contribution in [1.82, 2.24) is 19.5 Å². The van der Waals surface area contributed by atoms with Crippen molar-refractivity contribution in [3.05, 3.63) is 194 Å². The highest BCUT2D eigenvalue weighted by Gasteiger charge is 2.19. The standard InChI is InChI=1S/C51H32N4O/c1-4-13-33(14-5-1)34-23-27-39(28-24-34)55-45-22-11-10-19-40(45)43-31-37(25-29-46(43)55)38-26-30-47-44(32-38)41-20-12-21-42(48(41)56-47)51-53-49(35-15-6-2-7-16-35)52-50(54-51)36-17-8-3-9-18-36/h1-32H. The van der Waals surface area contributed by atoms with Crippen LogP contribution >= 0.6 is 0 Å². The predicted octanol–water partition coefficient (Wildman–Crippen LogP) is 13.2. The monoisotopic (exact) mass is 716 g/mol. The summed E-state index contributed by atoms with van der Waals surface area (Å²) in [6.45, 7) is 0. The Labute approximate surface area is 322 Å². The molecular formula is C51H32N4O. The molecule has 56 heavy (non-hydrogen) atoms. The Hall–Kier alpha value is -7.63. The molecule has 0 N–H and O–H groups in total. The Morgan fingerprint density at radius 1 is 0.339 bits per heavy atom. The minimum absolute atomic E-state index is 0.569. The van der Waals surface area contributed by atoms with Crippen LogP contribution in [0.2, 0.25) is 0 Å². The molecule has 8 aromatic carbocycles. The molecule has 0 bridgehead atoms. The predicted molar refractivity (Wildman–Crippen MR) is 229 cm³/mol. The molecule has 0 atom stereocenters. The van der Waals surface area contributed by atoms with Crippen LogP contribution in [0.1, 0.15) is 0 Å². The van der Waals surface area contributed by atoms with Crippen LogP contribution in [0.3, 0.4) is 0 Å². The topological polar surface area (TPSA) is 56.7 Å². The lowest BCUT2D eigenvalue weighted by Crippen LogP contribution is -2.00. The first-order valence-corrected chi connectivity index (χ1v) is 18.8. The fraction of sp³-hybridized carbons (Fsp3) is 0. The molecule has 11 rings (SSSR count). The quantitative estimate of drug-likeness (QED) is 0.172. The SMILES string of the molecule is c1ccc(-c2ccc(-n3c4ccccc4c4cc(-c5ccc6oc7c(-c8nc(-c9ccccc9)nc(-c9ccccc9)n8)cccc7c6c5)ccc43)cc2)cc1. The van der Waals surface area contributed by atoms with Gasteiger partial charge in [0, 0.05) is 38.4 Å². The number of benzene rings is 8. The van der Waals surface area contributed by atoms with Gasteiger partial charge in [0.25, 0.3) is 0 Å². The van der Waals surface area contributed by atoms with E-state index in [1.54, 1.807) is 0 Å². The van der Waals surface area contributed by atoms with Crippen LogP contribution < -0.4 is 0 Å². The first kappa shape index (κ1) is 31.9. The van der Waals surface area contributed by atoms with Gasteiger partial charge in [0.2, 0.25) is 0 Å². The maximum absolute atomic E-state index is 6.63. The molecule has 0 unspecified atom stereocenters. The second-order valence-corrected chi connectivity index (χ2v) is 14.0. The van der Waals surface area contributed by atoms with Crippen LogP contribution in [0, 0.1) is 0 Å². The molecule has 0 saturated carbocycles. The van der Waals surface area contributed by atoms with Crippen molar-refractivity contribution in [3.63, 3.8) is 0 Å². The van der Waals surface area contributed by atoms with Gasteiger partial charge in [-0.05, 0) is 70.8 Å². The molecule has 262 valence electrons. The van der Waals surface area contributed by atoms with Crippen molar-refractivity contribution < 1.29 is 4.42 Å². The Morgan fingerprint density at radius 3 is 1.55 bits per heavy atom. The summed E-state index contributed by atoms with van der Waals surface area (Å²) < 4.78 is 9.00. The summed E-state index contributed by atoms with van der Waals surface area (Å²) in [5.41, 5.74) is 12.4. The van der Waals surface area contributed by atoms with Crippen molar-refractivity contribution in [2.24, 2.45) is 0 Å². The number of rotatable bonds is 6. The summed E-state index contributed by atoms with van der Waals surface area (Å²) in [6.07, 6.45) is 0. The van der Waals surface area contributed by atoms with E-state index in [1.165, 1.54) is 32.9 Å². The second-order valence-electron chi connectivity index (χ2n) is 14.0. The molecule has 3 heterocycles. The highest BCUT2D eigenvalue weighted by molar-refractivity contribution is 6.12. The number of para-hydroxylation sites is 2. The minimum Gasteiger partial charge on any atom is -0.455 e. The van der Waals surface area contributed by atoms with Crippen molar-refractivity contribution in [2.45, 2.75) is 0 Å². The summed E-state index contributed by atoms with van der Waals surface area (Å²) in [7, 11) is 0. The fourth-order valence-corrected chi connectivity index (χ4v) is 7.95. The van der Waals surface area contributed by atoms with Gasteiger partial charge in [0.15, 0.2) is 17.5 Å². The summed E-state index contributed by atoms with van der Waals surface area (Å²) in [6, 6.07) is 67.6. The zero-order chi connectivity index (χ0) is 37.0. The van der Waals surface area contributed by atoms with E-state index in [0.717, 1.165) is 55.4 Å². The zero-order valence-corrected chi connectivity index (χ0v) is 30.2. The lowest BCUT2D eigenvalue weighted by atomic mass is 10.00. The van der Waals surface area contributed by atoms with E-state index in [9.17, 15) is 0 Å². The largest absolute Gasteiger partial charge is 0.455 e. The summed E-state index contributed by atoms with van der Waals surface area (Å²) >= 11 is 0. The molecule has 0 aliphatic carbocycles. The Balaban J connectivity index is 1.02. The van der Waals surface area contributed by atoms with Crippen LogP contribution in [0.4, 0.5) is 0 Å². The third-order valence-corrected chi connectivity index (χ3v) is 10.7. The Bertz CT molecular complexity index is 3160. The van der Waals surface area contributed by atoms with E-state index in [0.29, 0.717) is 17.5 Å². The smallest absolute Gasteiger partial charge is 0.167 e. The van der Waals surface area contributed by atoms with E-state index < -0.39 is 0 Å². The first-order chi connectivity index (χ1) is 27.7. The van der Waals surface area contributed by atoms with Crippen LogP contribution in [0.25, 0.3) is 106 Å². The molecule has 0 aliphatic heterocycles. The molecule has 0 saturated heterocycles. The number of furan rings is 1. The van der Waals surface area contributed by atoms with E-state index in [1.807, 2.05) is 66.7 Å². The van der Waals surface area contributed by atoms with E-state index in [2.05, 4.69) is 132 Å². The first-order valence-electron chi connectivity index (χ1n) is 18.8. The average Bonchev–Trinajstić information content (AvgIpc) is 3.82. The third-order valence-electron chi connectivity index (χ3n) is 10.7. The Morgan fingerprint density at radius 2 is 0.857 bits per heavy atom. The normalized spacial score (nSPS) is 11.6. The van der Waals surface area contributed by atoms with Gasteiger partial charge in [-0.2, -0.15) is 0 Å². The number of hydrogen-bond acceptors (Lipinski definition) is 4. The number of nitrogens with zero attached hydrogens (tertiary/aromatic N) is 4. The van der Waals surface area contributed by atoms with Gasteiger partial charge in [-0.15, -0.1) is 0 Å². The van der Waals surface area contributed by atoms with Gasteiger partial charge in [0.1, 0.15) is 11.2 Å². The van der Waals surface area contributed by atoms with Crippen LogP contribution in [-0.4, -0.2) is 19.5 Å². The molecule has 0 radical (unpaired) electrons. The van der Waals surface area contributed by atoms with Gasteiger partial charge < -0.3 is 8.98 Å². The lowest BCUT2D eigenvalue weighted by molar-refractivity contribution is 0.669. The molecule has 0 fully saturated rings. The summed E-state index contributed by atoms with van der Waals surface area (Å²) in [4.78, 5) is 14.9. The van der Waals surface area contributed by atoms with E-state index in [-0.39, 0.29) is 0 Å². The minimum atomic E-state index is 0.569. The molecule has 5 nitrogen and oxygen atoms in total. The molecule has 11 aromatic rings. The molecular weight excluding hydrogens is 685 g/mol. The highest BCUT2D eigenvalue weighted by atomic mass is 16.3. The summed E-state index contributed by atoms with van der Waals surface area (Å²) in [5, 5.41) is 4.49. The van der Waals surface area contributed by atoms with Crippen molar-refractivity contribution >= 4 is 43.7 Å². The Kier molecular flexibility index (Phi) is 7.42. The van der Waals surface area contributed by atoms with Crippen LogP contribution in [0.5, 0.6) is 0 Å². The van der Waals surface area contributed by atoms with E-state index >= 15 is 0 Å². The van der Waals surface area contributed by atoms with Crippen molar-refractivity contribution in [3.8, 4) is 62.1 Å². The number of hydrogen-bond donors (Lipinski definition) is 0. The molecule has 5 heteroatoms. The third kappa shape index (κ3) is 5.37. The average molecular weight is 717 g/mol. The van der Waals surface area contributed by atoms with Crippen LogP contribution in [0.15, 0.2) is 199 Å². The van der Waals surface area contributed by atoms with Crippen molar-refractivity contribution in [2.75, 3.05) is 0 Å². The highest BCUT2D eigenvalue weighted by Crippen LogP contribution is 2.40. The summed E-state index contributed by atoms with van der Waals surface area (Å²) in [5.74, 6) is 1.80. The van der Waals surface area contributed by atoms with Gasteiger partial charge in [-0.25, -0.2) is 15.0 Å². The van der Waals surface area contributed by atoms with Gasteiger partial charge >= 0.3 is 0 Å². The van der Waals surface area contributed by atoms with E-state index in [4.69, 9.17) is 19.4 Å². The van der Waals surface area contributed by atoms with Gasteiger partial charge in [-0.3, -0.25) is 0 Å². The maximum Gasteiger partial charge on any atom is 0.167 e. The van der Waals surface area contributed by atoms with Gasteiger partial charge in [-0.1, -0.05) is 146 Å². The van der Waals surface area contributed by atoms with Gasteiger partial charge in [0.05, 0.1) is 16.6 Å². The molecule has 0 aliphatic rings.